The number of thiophene rings is 1. The number of benzene rings is 5. The highest BCUT2D eigenvalue weighted by Gasteiger charge is 2.18. The maximum absolute atomic E-state index is 5.17. The summed E-state index contributed by atoms with van der Waals surface area (Å²) in [6.07, 6.45) is 0. The lowest BCUT2D eigenvalue weighted by molar-refractivity contribution is 1.24. The highest BCUT2D eigenvalue weighted by atomic mass is 32.1. The molecule has 0 unspecified atom stereocenters. The number of fused-ring (bicyclic) bond motifs is 4. The van der Waals surface area contributed by atoms with Gasteiger partial charge in [-0.3, -0.25) is 0 Å². The quantitative estimate of drug-likeness (QED) is 0.222. The van der Waals surface area contributed by atoms with E-state index in [0.717, 1.165) is 66.0 Å². The number of para-hydroxylation sites is 2. The molecule has 0 spiro atoms. The Labute approximate surface area is 240 Å². The Kier molecular flexibility index (Phi) is 5.61. The fraction of sp³-hybridized carbons (Fsp3) is 0. The Balaban J connectivity index is 1.36. The predicted octanol–water partition coefficient (Wildman–Crippen LogP) is 9.46. The van der Waals surface area contributed by atoms with E-state index in [0.29, 0.717) is 5.82 Å². The average Bonchev–Trinajstić information content (AvgIpc) is 3.43. The molecule has 3 heterocycles. The molecule has 5 aromatic carbocycles. The summed E-state index contributed by atoms with van der Waals surface area (Å²) in [5.41, 5.74) is 9.37. The predicted molar refractivity (Wildman–Crippen MR) is 170 cm³/mol. The van der Waals surface area contributed by atoms with Crippen molar-refractivity contribution in [3.8, 4) is 45.2 Å². The minimum absolute atomic E-state index is 0.691. The Morgan fingerprint density at radius 2 is 0.976 bits per heavy atom. The second kappa shape index (κ2) is 9.73. The molecule has 4 nitrogen and oxygen atoms in total. The van der Waals surface area contributed by atoms with Crippen molar-refractivity contribution in [3.05, 3.63) is 133 Å². The Morgan fingerprint density at radius 3 is 1.71 bits per heavy atom. The smallest absolute Gasteiger partial charge is 0.160 e. The maximum Gasteiger partial charge on any atom is 0.160 e. The first-order valence-corrected chi connectivity index (χ1v) is 14.3. The molecule has 0 aliphatic heterocycles. The van der Waals surface area contributed by atoms with E-state index in [1.807, 2.05) is 48.5 Å². The van der Waals surface area contributed by atoms with Gasteiger partial charge in [-0.1, -0.05) is 109 Å². The first kappa shape index (κ1) is 23.6. The Hall–Kier alpha value is -5.26. The van der Waals surface area contributed by atoms with Gasteiger partial charge >= 0.3 is 0 Å². The highest BCUT2D eigenvalue weighted by Crippen LogP contribution is 2.40. The van der Waals surface area contributed by atoms with E-state index >= 15 is 0 Å². The van der Waals surface area contributed by atoms with Crippen LogP contribution in [0.4, 0.5) is 0 Å². The monoisotopic (exact) mass is 542 g/mol. The fourth-order valence-corrected chi connectivity index (χ4v) is 6.47. The molecule has 8 aromatic rings. The topological polar surface area (TPSA) is 51.6 Å². The van der Waals surface area contributed by atoms with Crippen molar-refractivity contribution in [3.63, 3.8) is 0 Å². The van der Waals surface area contributed by atoms with Crippen molar-refractivity contribution in [2.75, 3.05) is 0 Å². The molecule has 0 aliphatic rings. The van der Waals surface area contributed by atoms with Crippen LogP contribution >= 0.6 is 11.3 Å². The number of nitrogens with zero attached hydrogens (tertiary/aromatic N) is 4. The summed E-state index contributed by atoms with van der Waals surface area (Å²) in [5, 5.41) is 1.15. The number of rotatable bonds is 4. The summed E-state index contributed by atoms with van der Waals surface area (Å²) < 4.78 is 2.31. The molecule has 0 saturated heterocycles. The van der Waals surface area contributed by atoms with Crippen molar-refractivity contribution < 1.29 is 0 Å². The van der Waals surface area contributed by atoms with Gasteiger partial charge < -0.3 is 0 Å². The number of hydrogen-bond acceptors (Lipinski definition) is 5. The van der Waals surface area contributed by atoms with E-state index in [4.69, 9.17) is 19.9 Å². The molecule has 8 rings (SSSR count). The molecule has 192 valence electrons. The standard InChI is InChI=1S/C36H22N4S/c1-3-12-23(13-4-1)31-32(38-29-20-9-8-19-28(29)37-31)25-16-11-17-26(22-25)36-39-33(24-14-5-2-6-15-24)35-34(40-36)27-18-7-10-21-30(27)41-35/h1-22H. The molecular formula is C36H22N4S. The van der Waals surface area contributed by atoms with Crippen LogP contribution in [-0.4, -0.2) is 19.9 Å². The van der Waals surface area contributed by atoms with Crippen molar-refractivity contribution in [2.45, 2.75) is 0 Å². The van der Waals surface area contributed by atoms with Gasteiger partial charge in [0.05, 0.1) is 38.3 Å². The molecule has 0 atom stereocenters. The fourth-order valence-electron chi connectivity index (χ4n) is 5.32. The second-order valence-electron chi connectivity index (χ2n) is 9.89. The molecule has 41 heavy (non-hydrogen) atoms. The summed E-state index contributed by atoms with van der Waals surface area (Å²) in [6, 6.07) is 45.4. The van der Waals surface area contributed by atoms with Crippen molar-refractivity contribution in [2.24, 2.45) is 0 Å². The minimum atomic E-state index is 0.691. The van der Waals surface area contributed by atoms with Crippen molar-refractivity contribution >= 4 is 42.7 Å². The normalized spacial score (nSPS) is 11.4. The molecule has 0 amide bonds. The number of aromatic nitrogens is 4. The van der Waals surface area contributed by atoms with Gasteiger partial charge in [0, 0.05) is 32.3 Å². The molecule has 0 radical (unpaired) electrons. The van der Waals surface area contributed by atoms with Gasteiger partial charge in [-0.25, -0.2) is 19.9 Å². The zero-order valence-electron chi connectivity index (χ0n) is 21.9. The van der Waals surface area contributed by atoms with Crippen molar-refractivity contribution in [1.29, 1.82) is 0 Å². The molecule has 0 N–H and O–H groups in total. The van der Waals surface area contributed by atoms with E-state index < -0.39 is 0 Å². The van der Waals surface area contributed by atoms with Crippen LogP contribution < -0.4 is 0 Å². The van der Waals surface area contributed by atoms with Gasteiger partial charge in [0.1, 0.15) is 0 Å². The molecule has 0 fully saturated rings. The van der Waals surface area contributed by atoms with Crippen LogP contribution in [0.15, 0.2) is 133 Å². The van der Waals surface area contributed by atoms with Gasteiger partial charge in [0.25, 0.3) is 0 Å². The SMILES string of the molecule is c1ccc(-c2nc3ccccc3nc2-c2cccc(-c3nc(-c4ccccc4)c4sc5ccccc5c4n3)c2)cc1. The van der Waals surface area contributed by atoms with Crippen LogP contribution in [0.3, 0.4) is 0 Å². The van der Waals surface area contributed by atoms with Crippen LogP contribution in [-0.2, 0) is 0 Å². The maximum atomic E-state index is 5.17. The summed E-state index contributed by atoms with van der Waals surface area (Å²) in [4.78, 5) is 20.5. The minimum Gasteiger partial charge on any atom is -0.244 e. The summed E-state index contributed by atoms with van der Waals surface area (Å²) in [5.74, 6) is 0.691. The third-order valence-corrected chi connectivity index (χ3v) is 8.45. The van der Waals surface area contributed by atoms with Crippen LogP contribution in [0.1, 0.15) is 0 Å². The van der Waals surface area contributed by atoms with E-state index in [2.05, 4.69) is 84.9 Å². The number of hydrogen-bond donors (Lipinski definition) is 0. The zero-order valence-corrected chi connectivity index (χ0v) is 22.7. The van der Waals surface area contributed by atoms with Crippen molar-refractivity contribution in [1.82, 2.24) is 19.9 Å². The molecule has 0 saturated carbocycles. The van der Waals surface area contributed by atoms with Crippen LogP contribution in [0.2, 0.25) is 0 Å². The lowest BCUT2D eigenvalue weighted by Gasteiger charge is -2.12. The lowest BCUT2D eigenvalue weighted by atomic mass is 10.0. The van der Waals surface area contributed by atoms with E-state index in [-0.39, 0.29) is 0 Å². The lowest BCUT2D eigenvalue weighted by Crippen LogP contribution is -1.97. The summed E-state index contributed by atoms with van der Waals surface area (Å²) >= 11 is 1.74. The molecule has 3 aromatic heterocycles. The molecular weight excluding hydrogens is 520 g/mol. The third-order valence-electron chi connectivity index (χ3n) is 7.28. The van der Waals surface area contributed by atoms with Gasteiger partial charge in [-0.15, -0.1) is 11.3 Å². The zero-order chi connectivity index (χ0) is 27.2. The van der Waals surface area contributed by atoms with Gasteiger partial charge in [-0.05, 0) is 24.3 Å². The van der Waals surface area contributed by atoms with E-state index in [1.165, 1.54) is 4.70 Å². The van der Waals surface area contributed by atoms with Gasteiger partial charge in [0.2, 0.25) is 0 Å². The van der Waals surface area contributed by atoms with Gasteiger partial charge in [-0.2, -0.15) is 0 Å². The van der Waals surface area contributed by atoms with E-state index in [1.54, 1.807) is 11.3 Å². The first-order valence-electron chi connectivity index (χ1n) is 13.5. The molecule has 5 heteroatoms. The Bertz CT molecular complexity index is 2210. The second-order valence-corrected chi connectivity index (χ2v) is 10.9. The average molecular weight is 543 g/mol. The first-order chi connectivity index (χ1) is 20.3. The highest BCUT2D eigenvalue weighted by molar-refractivity contribution is 7.26. The van der Waals surface area contributed by atoms with Crippen LogP contribution in [0, 0.1) is 0 Å². The third kappa shape index (κ3) is 4.15. The van der Waals surface area contributed by atoms with Gasteiger partial charge in [0.15, 0.2) is 5.82 Å². The molecule has 0 aliphatic carbocycles. The van der Waals surface area contributed by atoms with Crippen LogP contribution in [0.5, 0.6) is 0 Å². The van der Waals surface area contributed by atoms with E-state index in [9.17, 15) is 0 Å². The molecule has 0 bridgehead atoms. The summed E-state index contributed by atoms with van der Waals surface area (Å²) in [6.45, 7) is 0. The summed E-state index contributed by atoms with van der Waals surface area (Å²) in [7, 11) is 0. The van der Waals surface area contributed by atoms with Crippen LogP contribution in [0.25, 0.3) is 76.5 Å². The Morgan fingerprint density at radius 1 is 0.415 bits per heavy atom. The largest absolute Gasteiger partial charge is 0.244 e.